The summed E-state index contributed by atoms with van der Waals surface area (Å²) in [5, 5.41) is 25.0. The van der Waals surface area contributed by atoms with Crippen molar-refractivity contribution < 1.29 is 0 Å². The Labute approximate surface area is 366 Å². The minimum absolute atomic E-state index is 0.578. The van der Waals surface area contributed by atoms with Gasteiger partial charge in [0.1, 0.15) is 12.1 Å². The van der Waals surface area contributed by atoms with Gasteiger partial charge in [0.05, 0.1) is 27.9 Å². The maximum absolute atomic E-state index is 10.3. The Balaban J connectivity index is 1.11. The molecule has 12 rings (SSSR count). The zero-order chi connectivity index (χ0) is 42.1. The number of benzene rings is 10. The summed E-state index contributed by atoms with van der Waals surface area (Å²) in [6, 6.07) is 81.9. The highest BCUT2D eigenvalue weighted by Crippen LogP contribution is 2.64. The molecule has 0 fully saturated rings. The van der Waals surface area contributed by atoms with Gasteiger partial charge >= 0.3 is 0 Å². The number of rotatable bonds is 6. The van der Waals surface area contributed by atoms with Gasteiger partial charge in [-0.25, -0.2) is 0 Å². The van der Waals surface area contributed by atoms with E-state index in [-0.39, 0.29) is 0 Å². The topological polar surface area (TPSA) is 54.1 Å². The lowest BCUT2D eigenvalue weighted by molar-refractivity contribution is 0.796. The second-order valence-corrected chi connectivity index (χ2v) is 16.3. The summed E-state index contributed by atoms with van der Waals surface area (Å²) < 4.78 is 0. The van der Waals surface area contributed by atoms with E-state index in [2.05, 4.69) is 155 Å². The highest BCUT2D eigenvalue weighted by atomic mass is 15.1. The summed E-state index contributed by atoms with van der Waals surface area (Å²) in [4.78, 5) is 4.38. The lowest BCUT2D eigenvalue weighted by atomic mass is 9.70. The van der Waals surface area contributed by atoms with Crippen LogP contribution in [0.15, 0.2) is 218 Å². The number of hydrogen-bond acceptors (Lipinski definition) is 4. The van der Waals surface area contributed by atoms with Gasteiger partial charge in [-0.1, -0.05) is 121 Å². The predicted molar refractivity (Wildman–Crippen MR) is 257 cm³/mol. The maximum atomic E-state index is 10.3. The smallest absolute Gasteiger partial charge is 0.101 e. The van der Waals surface area contributed by atoms with Gasteiger partial charge in [-0.15, -0.1) is 0 Å². The van der Waals surface area contributed by atoms with Crippen LogP contribution in [0.2, 0.25) is 0 Å². The summed E-state index contributed by atoms with van der Waals surface area (Å²) in [5.41, 5.74) is 16.3. The molecule has 0 N–H and O–H groups in total. The second-order valence-electron chi connectivity index (χ2n) is 16.3. The first-order valence-corrected chi connectivity index (χ1v) is 21.2. The van der Waals surface area contributed by atoms with E-state index < -0.39 is 5.41 Å². The molecule has 0 radical (unpaired) electrons. The van der Waals surface area contributed by atoms with E-state index in [0.717, 1.165) is 55.7 Å². The molecule has 0 unspecified atom stereocenters. The lowest BCUT2D eigenvalue weighted by Gasteiger charge is -2.31. The third-order valence-electron chi connectivity index (χ3n) is 13.0. The normalized spacial score (nSPS) is 12.5. The number of nitrogens with zero attached hydrogens (tertiary/aromatic N) is 4. The van der Waals surface area contributed by atoms with Crippen LogP contribution in [-0.2, 0) is 5.41 Å². The van der Waals surface area contributed by atoms with Crippen molar-refractivity contribution in [3.8, 4) is 34.4 Å². The van der Waals surface area contributed by atoms with E-state index in [1.54, 1.807) is 0 Å². The Morgan fingerprint density at radius 2 is 0.698 bits per heavy atom. The molecular weight excluding hydrogens is 765 g/mol. The molecule has 4 heteroatoms. The first-order chi connectivity index (χ1) is 31.1. The van der Waals surface area contributed by atoms with Gasteiger partial charge in [0.15, 0.2) is 0 Å². The van der Waals surface area contributed by atoms with Crippen molar-refractivity contribution in [2.75, 3.05) is 9.80 Å². The molecule has 0 bridgehead atoms. The first-order valence-electron chi connectivity index (χ1n) is 21.2. The molecule has 2 aliphatic rings. The molecule has 2 aliphatic carbocycles. The fraction of sp³-hybridized carbons (Fsp3) is 0.0169. The van der Waals surface area contributed by atoms with Crippen molar-refractivity contribution in [1.29, 1.82) is 10.5 Å². The molecule has 0 heterocycles. The number of anilines is 6. The number of fused-ring (bicyclic) bond motifs is 12. The van der Waals surface area contributed by atoms with Crippen LogP contribution in [0.25, 0.3) is 43.8 Å². The van der Waals surface area contributed by atoms with Gasteiger partial charge in [0.25, 0.3) is 0 Å². The summed E-state index contributed by atoms with van der Waals surface area (Å²) in [7, 11) is 0. The lowest BCUT2D eigenvalue weighted by Crippen LogP contribution is -2.25. The molecule has 0 amide bonds. The van der Waals surface area contributed by atoms with Gasteiger partial charge in [0.2, 0.25) is 0 Å². The minimum atomic E-state index is -0.578. The van der Waals surface area contributed by atoms with Gasteiger partial charge in [-0.3, -0.25) is 0 Å². The summed E-state index contributed by atoms with van der Waals surface area (Å²) in [5.74, 6) is 0. The Kier molecular flexibility index (Phi) is 8.16. The monoisotopic (exact) mass is 800 g/mol. The molecule has 10 aromatic carbocycles. The van der Waals surface area contributed by atoms with Crippen LogP contribution in [-0.4, -0.2) is 0 Å². The van der Waals surface area contributed by atoms with Crippen molar-refractivity contribution in [3.05, 3.63) is 252 Å². The summed E-state index contributed by atoms with van der Waals surface area (Å²) in [6.07, 6.45) is 0. The molecular formula is C59H36N4. The Morgan fingerprint density at radius 3 is 1.14 bits per heavy atom. The highest BCUT2D eigenvalue weighted by Gasteiger charge is 2.51. The maximum Gasteiger partial charge on any atom is 0.101 e. The van der Waals surface area contributed by atoms with E-state index in [9.17, 15) is 10.5 Å². The molecule has 1 spiro atoms. The van der Waals surface area contributed by atoms with E-state index in [0.29, 0.717) is 11.1 Å². The number of para-hydroxylation sites is 4. The largest absolute Gasteiger partial charge is 0.309 e. The molecule has 292 valence electrons. The van der Waals surface area contributed by atoms with Crippen molar-refractivity contribution in [3.63, 3.8) is 0 Å². The first kappa shape index (κ1) is 36.2. The second kappa shape index (κ2) is 14.2. The van der Waals surface area contributed by atoms with Crippen LogP contribution < -0.4 is 9.80 Å². The molecule has 10 aromatic rings. The van der Waals surface area contributed by atoms with Crippen LogP contribution >= 0.6 is 0 Å². The van der Waals surface area contributed by atoms with Crippen molar-refractivity contribution in [2.24, 2.45) is 0 Å². The fourth-order valence-corrected chi connectivity index (χ4v) is 10.4. The Morgan fingerprint density at radius 1 is 0.302 bits per heavy atom. The van der Waals surface area contributed by atoms with E-state index in [4.69, 9.17) is 0 Å². The van der Waals surface area contributed by atoms with E-state index in [1.807, 2.05) is 84.9 Å². The zero-order valence-electron chi connectivity index (χ0n) is 34.1. The predicted octanol–water partition coefficient (Wildman–Crippen LogP) is 15.0. The summed E-state index contributed by atoms with van der Waals surface area (Å²) in [6.45, 7) is 0. The molecule has 0 atom stereocenters. The molecule has 63 heavy (non-hydrogen) atoms. The SMILES string of the molecule is N#Cc1ccccc1N(c1ccccc1)c1ccc2cc3c(cc2c1)C1(c2ccccc2-c2ccccc21)c1cc2cc(N(c4ccccc4)c4ccccc4C#N)ccc2cc1-3. The quantitative estimate of drug-likeness (QED) is 0.168. The van der Waals surface area contributed by atoms with Crippen LogP contribution in [0, 0.1) is 22.7 Å². The van der Waals surface area contributed by atoms with E-state index in [1.165, 1.54) is 44.5 Å². The number of hydrogen-bond donors (Lipinski definition) is 0. The molecule has 0 saturated carbocycles. The van der Waals surface area contributed by atoms with Crippen molar-refractivity contribution in [2.45, 2.75) is 5.41 Å². The van der Waals surface area contributed by atoms with Gasteiger partial charge in [0, 0.05) is 22.7 Å². The average Bonchev–Trinajstić information content (AvgIpc) is 3.79. The highest BCUT2D eigenvalue weighted by molar-refractivity contribution is 6.04. The third kappa shape index (κ3) is 5.39. The molecule has 0 aliphatic heterocycles. The van der Waals surface area contributed by atoms with Crippen LogP contribution in [0.4, 0.5) is 34.1 Å². The van der Waals surface area contributed by atoms with Gasteiger partial charge in [-0.2, -0.15) is 10.5 Å². The number of nitriles is 2. The minimum Gasteiger partial charge on any atom is -0.309 e. The van der Waals surface area contributed by atoms with E-state index >= 15 is 0 Å². The third-order valence-corrected chi connectivity index (χ3v) is 13.0. The Bertz CT molecular complexity index is 3320. The van der Waals surface area contributed by atoms with Crippen LogP contribution in [0.1, 0.15) is 33.4 Å². The van der Waals surface area contributed by atoms with Gasteiger partial charge in [-0.05, 0) is 163 Å². The molecule has 0 saturated heterocycles. The average molecular weight is 801 g/mol. The zero-order valence-corrected chi connectivity index (χ0v) is 34.1. The summed E-state index contributed by atoms with van der Waals surface area (Å²) >= 11 is 0. The van der Waals surface area contributed by atoms with Crippen LogP contribution in [0.5, 0.6) is 0 Å². The van der Waals surface area contributed by atoms with Crippen LogP contribution in [0.3, 0.4) is 0 Å². The standard InChI is InChI=1S/C59H36N4/c60-37-41-15-7-13-25-57(41)62(45-17-3-1-4-18-45)47-29-27-39-33-51-52-34-40-28-30-48(63(46-19-5-2-6-20-46)58-26-14-8-16-42(58)38-61)32-44(40)36-56(52)59(55(51)35-43(39)31-47)53-23-11-9-21-49(53)50-22-10-12-24-54(50)59/h1-36H. The van der Waals surface area contributed by atoms with Crippen molar-refractivity contribution >= 4 is 55.7 Å². The van der Waals surface area contributed by atoms with Gasteiger partial charge < -0.3 is 9.80 Å². The fourth-order valence-electron chi connectivity index (χ4n) is 10.4. The molecule has 4 nitrogen and oxygen atoms in total. The molecule has 0 aromatic heterocycles. The Hall–Kier alpha value is -8.70. The van der Waals surface area contributed by atoms with Crippen molar-refractivity contribution in [1.82, 2.24) is 0 Å².